The maximum absolute atomic E-state index is 13.1. The second kappa shape index (κ2) is 13.9. The first kappa shape index (κ1) is 32.6. The van der Waals surface area contributed by atoms with Gasteiger partial charge in [0.1, 0.15) is 5.69 Å². The average molecular weight is 675 g/mol. The molecule has 1 unspecified atom stereocenters. The molecular weight excluding hydrogens is 636 g/mol. The molecule has 0 spiro atoms. The number of nitrogens with two attached hydrogens (primary N) is 1. The van der Waals surface area contributed by atoms with E-state index in [0.29, 0.717) is 55.6 Å². The van der Waals surface area contributed by atoms with Crippen molar-refractivity contribution < 1.29 is 19.1 Å². The van der Waals surface area contributed by atoms with Crippen molar-refractivity contribution in [2.24, 2.45) is 0 Å². The Morgan fingerprint density at radius 2 is 1.68 bits per heavy atom. The van der Waals surface area contributed by atoms with E-state index in [2.05, 4.69) is 43.5 Å². The second-order valence-electron chi connectivity index (χ2n) is 12.5. The van der Waals surface area contributed by atoms with Crippen LogP contribution in [0.15, 0.2) is 67.3 Å². The van der Waals surface area contributed by atoms with Gasteiger partial charge < -0.3 is 35.3 Å². The van der Waals surface area contributed by atoms with E-state index in [1.165, 1.54) is 5.56 Å². The molecule has 0 saturated carbocycles. The number of nitrogen functional groups attached to an aromatic ring is 1. The fourth-order valence-corrected chi connectivity index (χ4v) is 6.43. The monoisotopic (exact) mass is 674 g/mol. The van der Waals surface area contributed by atoms with E-state index in [9.17, 15) is 14.4 Å². The molecule has 5 heterocycles. The molecule has 14 nitrogen and oxygen atoms in total. The maximum atomic E-state index is 13.1. The van der Waals surface area contributed by atoms with Crippen LogP contribution in [0.5, 0.6) is 0 Å². The van der Waals surface area contributed by atoms with Crippen LogP contribution in [0.1, 0.15) is 41.9 Å². The molecule has 1 atom stereocenters. The van der Waals surface area contributed by atoms with Crippen LogP contribution in [0.2, 0.25) is 0 Å². The molecule has 7 rings (SSSR count). The summed E-state index contributed by atoms with van der Waals surface area (Å²) in [5, 5.41) is 5.54. The number of aromatic nitrogens is 5. The summed E-state index contributed by atoms with van der Waals surface area (Å²) in [7, 11) is 0. The Morgan fingerprint density at radius 3 is 2.42 bits per heavy atom. The molecule has 4 N–H and O–H groups in total. The van der Waals surface area contributed by atoms with Gasteiger partial charge in [0, 0.05) is 68.6 Å². The molecule has 50 heavy (non-hydrogen) atoms. The van der Waals surface area contributed by atoms with Crippen molar-refractivity contribution in [3.8, 4) is 22.4 Å². The Kier molecular flexibility index (Phi) is 9.09. The third-order valence-electron chi connectivity index (χ3n) is 9.07. The Labute approximate surface area is 288 Å². The highest BCUT2D eigenvalue weighted by Gasteiger charge is 2.26. The lowest BCUT2D eigenvalue weighted by Gasteiger charge is -2.34. The molecule has 2 aromatic carbocycles. The number of nitrogens with one attached hydrogen (secondary N) is 2. The predicted octanol–water partition coefficient (Wildman–Crippen LogP) is 3.01. The fraction of sp³-hybridized carbons (Fsp3) is 0.306. The van der Waals surface area contributed by atoms with E-state index in [1.54, 1.807) is 36.1 Å². The minimum atomic E-state index is -0.482. The van der Waals surface area contributed by atoms with E-state index >= 15 is 0 Å². The lowest BCUT2D eigenvalue weighted by molar-refractivity contribution is -0.120. The maximum Gasteiger partial charge on any atom is 0.271 e. The van der Waals surface area contributed by atoms with Gasteiger partial charge in [0.2, 0.25) is 17.8 Å². The van der Waals surface area contributed by atoms with Crippen LogP contribution in [0, 0.1) is 0 Å². The van der Waals surface area contributed by atoms with Gasteiger partial charge in [-0.25, -0.2) is 19.9 Å². The zero-order valence-electron chi connectivity index (χ0n) is 27.9. The molecule has 256 valence electrons. The molecule has 5 aromatic rings. The van der Waals surface area contributed by atoms with Gasteiger partial charge in [-0.05, 0) is 54.2 Å². The molecule has 1 saturated heterocycles. The number of hydrogen-bond acceptors (Lipinski definition) is 10. The van der Waals surface area contributed by atoms with Crippen molar-refractivity contribution in [1.29, 1.82) is 0 Å². The number of rotatable bonds is 8. The Bertz CT molecular complexity index is 2060. The molecule has 3 aromatic heterocycles. The molecular formula is C36H38N10O4. The van der Waals surface area contributed by atoms with Crippen LogP contribution >= 0.6 is 0 Å². The van der Waals surface area contributed by atoms with E-state index in [-0.39, 0.29) is 36.0 Å². The number of ether oxygens (including phenoxy) is 1. The SMILES string of the molecule is CC(=O)N1c2ccc(-c3ccc(CNC(=O)CNC(=O)c4cn5cc(-c6cnc(N)nc6)nc(N6CCOCC6)c5n4)cc3)cc2CCC1C. The summed E-state index contributed by atoms with van der Waals surface area (Å²) in [5.74, 6) is 0.0122. The van der Waals surface area contributed by atoms with Crippen LogP contribution < -0.4 is 26.2 Å². The van der Waals surface area contributed by atoms with Crippen LogP contribution in [0.3, 0.4) is 0 Å². The van der Waals surface area contributed by atoms with Crippen molar-refractivity contribution >= 4 is 40.8 Å². The Morgan fingerprint density at radius 1 is 0.940 bits per heavy atom. The van der Waals surface area contributed by atoms with E-state index in [4.69, 9.17) is 15.5 Å². The largest absolute Gasteiger partial charge is 0.378 e. The topological polar surface area (TPSA) is 173 Å². The number of amides is 3. The molecule has 2 aliphatic heterocycles. The zero-order chi connectivity index (χ0) is 34.8. The number of morpholine rings is 1. The summed E-state index contributed by atoms with van der Waals surface area (Å²) < 4.78 is 7.26. The molecule has 2 aliphatic rings. The minimum Gasteiger partial charge on any atom is -0.378 e. The van der Waals surface area contributed by atoms with Gasteiger partial charge >= 0.3 is 0 Å². The number of aryl methyl sites for hydroxylation is 1. The number of fused-ring (bicyclic) bond motifs is 2. The molecule has 3 amide bonds. The molecule has 1 fully saturated rings. The third kappa shape index (κ3) is 6.83. The lowest BCUT2D eigenvalue weighted by atomic mass is 9.93. The normalized spacial score (nSPS) is 15.8. The first-order chi connectivity index (χ1) is 24.2. The summed E-state index contributed by atoms with van der Waals surface area (Å²) in [6.07, 6.45) is 8.42. The first-order valence-corrected chi connectivity index (χ1v) is 16.6. The number of carbonyl (C=O) groups is 3. The lowest BCUT2D eigenvalue weighted by Crippen LogP contribution is -2.40. The third-order valence-corrected chi connectivity index (χ3v) is 9.07. The van der Waals surface area contributed by atoms with Crippen LogP contribution in [-0.4, -0.2) is 80.9 Å². The molecule has 0 bridgehead atoms. The van der Waals surface area contributed by atoms with Crippen LogP contribution in [-0.2, 0) is 27.3 Å². The average Bonchev–Trinajstić information content (AvgIpc) is 3.58. The van der Waals surface area contributed by atoms with Gasteiger partial charge in [-0.15, -0.1) is 0 Å². The number of benzene rings is 2. The van der Waals surface area contributed by atoms with Crippen molar-refractivity contribution in [3.63, 3.8) is 0 Å². The van der Waals surface area contributed by atoms with Crippen molar-refractivity contribution in [2.45, 2.75) is 39.3 Å². The smallest absolute Gasteiger partial charge is 0.271 e. The number of nitrogens with zero attached hydrogens (tertiary/aromatic N) is 7. The minimum absolute atomic E-state index is 0.0590. The Hall–Kier alpha value is -5.89. The number of anilines is 3. The van der Waals surface area contributed by atoms with E-state index in [0.717, 1.165) is 35.2 Å². The quantitative estimate of drug-likeness (QED) is 0.222. The van der Waals surface area contributed by atoms with Gasteiger partial charge in [0.05, 0.1) is 25.5 Å². The van der Waals surface area contributed by atoms with Gasteiger partial charge in [-0.1, -0.05) is 30.3 Å². The molecule has 14 heteroatoms. The number of imidazole rings is 1. The Balaban J connectivity index is 0.979. The predicted molar refractivity (Wildman–Crippen MR) is 188 cm³/mol. The van der Waals surface area contributed by atoms with Gasteiger partial charge in [-0.3, -0.25) is 14.4 Å². The van der Waals surface area contributed by atoms with E-state index in [1.807, 2.05) is 41.3 Å². The standard InChI is InChI=1S/C36H38N10O4/c1-22-3-6-27-15-26(9-10-31(27)46(22)23(2)47)25-7-4-24(5-8-25)16-38-32(48)19-39-35(49)30-21-45-20-29(28-17-40-36(37)41-18-28)42-33(34(45)43-30)44-11-13-50-14-12-44/h4-5,7-10,15,17-18,20-22H,3,6,11-14,16,19H2,1-2H3,(H,38,48)(H,39,49)(H2,37,40,41). The van der Waals surface area contributed by atoms with E-state index < -0.39 is 5.91 Å². The summed E-state index contributed by atoms with van der Waals surface area (Å²) in [6.45, 7) is 6.14. The summed E-state index contributed by atoms with van der Waals surface area (Å²) in [4.78, 5) is 59.6. The number of carbonyl (C=O) groups excluding carboxylic acids is 3. The zero-order valence-corrected chi connectivity index (χ0v) is 27.9. The van der Waals surface area contributed by atoms with Crippen LogP contribution in [0.25, 0.3) is 28.0 Å². The van der Waals surface area contributed by atoms with Crippen molar-refractivity contribution in [1.82, 2.24) is 35.0 Å². The van der Waals surface area contributed by atoms with Crippen molar-refractivity contribution in [2.75, 3.05) is 48.4 Å². The highest BCUT2D eigenvalue weighted by Crippen LogP contribution is 2.34. The fourth-order valence-electron chi connectivity index (χ4n) is 6.43. The molecule has 0 aliphatic carbocycles. The second-order valence-corrected chi connectivity index (χ2v) is 12.5. The number of hydrogen-bond donors (Lipinski definition) is 3. The van der Waals surface area contributed by atoms with Gasteiger partial charge in [-0.2, -0.15) is 0 Å². The summed E-state index contributed by atoms with van der Waals surface area (Å²) in [6, 6.07) is 14.4. The highest BCUT2D eigenvalue weighted by molar-refractivity contribution is 5.96. The van der Waals surface area contributed by atoms with Crippen LogP contribution in [0.4, 0.5) is 17.5 Å². The highest BCUT2D eigenvalue weighted by atomic mass is 16.5. The molecule has 0 radical (unpaired) electrons. The van der Waals surface area contributed by atoms with Crippen molar-refractivity contribution in [3.05, 3.63) is 84.1 Å². The summed E-state index contributed by atoms with van der Waals surface area (Å²) >= 11 is 0. The first-order valence-electron chi connectivity index (χ1n) is 16.6. The van der Waals surface area contributed by atoms with Gasteiger partial charge in [0.25, 0.3) is 5.91 Å². The summed E-state index contributed by atoms with van der Waals surface area (Å²) in [5.41, 5.74) is 12.8. The van der Waals surface area contributed by atoms with Gasteiger partial charge in [0.15, 0.2) is 11.5 Å².